The molecule has 2 aromatic carbocycles. The molecule has 1 aliphatic carbocycles. The van der Waals surface area contributed by atoms with Crippen molar-refractivity contribution in [3.05, 3.63) is 40.5 Å². The first-order valence-corrected chi connectivity index (χ1v) is 8.11. The summed E-state index contributed by atoms with van der Waals surface area (Å²) in [7, 11) is 0. The lowest BCUT2D eigenvalue weighted by atomic mass is 9.70. The van der Waals surface area contributed by atoms with Crippen LogP contribution in [0.3, 0.4) is 0 Å². The van der Waals surface area contributed by atoms with Gasteiger partial charge in [0.25, 0.3) is 0 Å². The van der Waals surface area contributed by atoms with Crippen molar-refractivity contribution in [1.82, 2.24) is 0 Å². The first kappa shape index (κ1) is 14.4. The Morgan fingerprint density at radius 2 is 1.86 bits per heavy atom. The lowest BCUT2D eigenvalue weighted by Gasteiger charge is -2.34. The standard InChI is InChI=1S/C20H26O/c1-12(2)16-9-14-10-18-15(7-6-8-20(18,4)5)13(3)17(14)11-19(16)21/h9-12,21H,6-8H2,1-5H3. The number of hydrogen-bond donors (Lipinski definition) is 1. The molecule has 0 spiro atoms. The Morgan fingerprint density at radius 3 is 2.52 bits per heavy atom. The van der Waals surface area contributed by atoms with E-state index < -0.39 is 0 Å². The molecule has 1 heteroatoms. The van der Waals surface area contributed by atoms with Gasteiger partial charge in [-0.2, -0.15) is 0 Å². The summed E-state index contributed by atoms with van der Waals surface area (Å²) in [6, 6.07) is 6.54. The Balaban J connectivity index is 2.34. The Bertz CT molecular complexity index is 708. The van der Waals surface area contributed by atoms with Crippen molar-refractivity contribution in [2.24, 2.45) is 0 Å². The van der Waals surface area contributed by atoms with Crippen molar-refractivity contribution in [2.45, 2.75) is 65.2 Å². The third-order valence-corrected chi connectivity index (χ3v) is 5.26. The first-order valence-electron chi connectivity index (χ1n) is 8.11. The fourth-order valence-corrected chi connectivity index (χ4v) is 3.90. The molecule has 1 aliphatic rings. The minimum atomic E-state index is 0.266. The number of hydrogen-bond acceptors (Lipinski definition) is 1. The van der Waals surface area contributed by atoms with Crippen LogP contribution in [0.1, 0.15) is 68.7 Å². The maximum Gasteiger partial charge on any atom is 0.119 e. The summed E-state index contributed by atoms with van der Waals surface area (Å²) in [6.07, 6.45) is 3.70. The van der Waals surface area contributed by atoms with E-state index in [1.54, 1.807) is 0 Å². The van der Waals surface area contributed by atoms with E-state index in [-0.39, 0.29) is 5.41 Å². The second kappa shape index (κ2) is 4.76. The highest BCUT2D eigenvalue weighted by atomic mass is 16.3. The molecule has 0 bridgehead atoms. The van der Waals surface area contributed by atoms with Crippen LogP contribution in [0.15, 0.2) is 18.2 Å². The zero-order valence-corrected chi connectivity index (χ0v) is 13.9. The molecule has 1 nitrogen and oxygen atoms in total. The Kier molecular flexibility index (Phi) is 3.27. The number of fused-ring (bicyclic) bond motifs is 2. The predicted molar refractivity (Wildman–Crippen MR) is 90.4 cm³/mol. The fraction of sp³-hybridized carbons (Fsp3) is 0.500. The molecule has 0 fully saturated rings. The van der Waals surface area contributed by atoms with Crippen molar-refractivity contribution in [1.29, 1.82) is 0 Å². The van der Waals surface area contributed by atoms with Crippen molar-refractivity contribution >= 4 is 10.8 Å². The summed E-state index contributed by atoms with van der Waals surface area (Å²) >= 11 is 0. The van der Waals surface area contributed by atoms with Crippen molar-refractivity contribution in [3.63, 3.8) is 0 Å². The second-order valence-corrected chi connectivity index (χ2v) is 7.55. The van der Waals surface area contributed by atoms with Gasteiger partial charge in [0.05, 0.1) is 0 Å². The van der Waals surface area contributed by atoms with Gasteiger partial charge in [-0.05, 0) is 82.7 Å². The summed E-state index contributed by atoms with van der Waals surface area (Å²) in [5.41, 5.74) is 5.70. The molecule has 0 amide bonds. The van der Waals surface area contributed by atoms with Crippen molar-refractivity contribution in [2.75, 3.05) is 0 Å². The van der Waals surface area contributed by atoms with E-state index in [2.05, 4.69) is 46.8 Å². The fourth-order valence-electron chi connectivity index (χ4n) is 3.90. The Hall–Kier alpha value is -1.50. The van der Waals surface area contributed by atoms with Gasteiger partial charge in [-0.1, -0.05) is 33.8 Å². The summed E-state index contributed by atoms with van der Waals surface area (Å²) < 4.78 is 0. The van der Waals surface area contributed by atoms with Crippen molar-refractivity contribution < 1.29 is 5.11 Å². The van der Waals surface area contributed by atoms with E-state index >= 15 is 0 Å². The number of rotatable bonds is 1. The highest BCUT2D eigenvalue weighted by Crippen LogP contribution is 2.42. The molecule has 3 rings (SSSR count). The summed E-state index contributed by atoms with van der Waals surface area (Å²) in [4.78, 5) is 0. The topological polar surface area (TPSA) is 20.2 Å². The maximum atomic E-state index is 10.3. The van der Waals surface area contributed by atoms with E-state index in [4.69, 9.17) is 0 Å². The molecule has 21 heavy (non-hydrogen) atoms. The molecule has 0 atom stereocenters. The van der Waals surface area contributed by atoms with Gasteiger partial charge >= 0.3 is 0 Å². The van der Waals surface area contributed by atoms with Gasteiger partial charge in [-0.3, -0.25) is 0 Å². The maximum absolute atomic E-state index is 10.3. The smallest absolute Gasteiger partial charge is 0.119 e. The molecule has 2 aromatic rings. The highest BCUT2D eigenvalue weighted by Gasteiger charge is 2.29. The van der Waals surface area contributed by atoms with Gasteiger partial charge < -0.3 is 5.11 Å². The number of phenolic OH excluding ortho intramolecular Hbond substituents is 1. The van der Waals surface area contributed by atoms with Crippen LogP contribution in [-0.2, 0) is 11.8 Å². The van der Waals surface area contributed by atoms with E-state index in [0.717, 1.165) is 5.56 Å². The largest absolute Gasteiger partial charge is 0.508 e. The van der Waals surface area contributed by atoms with Crippen LogP contribution in [0.25, 0.3) is 10.8 Å². The normalized spacial score (nSPS) is 17.2. The molecule has 0 aromatic heterocycles. The number of aromatic hydroxyl groups is 1. The van der Waals surface area contributed by atoms with Gasteiger partial charge in [0.15, 0.2) is 0 Å². The van der Waals surface area contributed by atoms with Crippen LogP contribution >= 0.6 is 0 Å². The first-order chi connectivity index (χ1) is 9.81. The Labute approximate surface area is 128 Å². The molecule has 0 unspecified atom stereocenters. The molecule has 0 saturated carbocycles. The quantitative estimate of drug-likeness (QED) is 0.722. The molecule has 1 N–H and O–H groups in total. The van der Waals surface area contributed by atoms with Crippen LogP contribution in [-0.4, -0.2) is 5.11 Å². The molecule has 0 radical (unpaired) electrons. The Morgan fingerprint density at radius 1 is 1.14 bits per heavy atom. The molecule has 0 aliphatic heterocycles. The van der Waals surface area contributed by atoms with E-state index in [0.29, 0.717) is 11.7 Å². The van der Waals surface area contributed by atoms with E-state index in [9.17, 15) is 5.11 Å². The minimum Gasteiger partial charge on any atom is -0.508 e. The van der Waals surface area contributed by atoms with Crippen LogP contribution in [0, 0.1) is 6.92 Å². The van der Waals surface area contributed by atoms with Gasteiger partial charge in [0, 0.05) is 0 Å². The number of aryl methyl sites for hydroxylation is 1. The summed E-state index contributed by atoms with van der Waals surface area (Å²) in [5, 5.41) is 12.8. The molecular formula is C20H26O. The average molecular weight is 282 g/mol. The van der Waals surface area contributed by atoms with Gasteiger partial charge in [0.2, 0.25) is 0 Å². The molecular weight excluding hydrogens is 256 g/mol. The lowest BCUT2D eigenvalue weighted by molar-refractivity contribution is 0.431. The van der Waals surface area contributed by atoms with Gasteiger partial charge in [-0.15, -0.1) is 0 Å². The lowest BCUT2D eigenvalue weighted by Crippen LogP contribution is -2.24. The number of benzene rings is 2. The van der Waals surface area contributed by atoms with E-state index in [1.807, 2.05) is 6.07 Å². The predicted octanol–water partition coefficient (Wildman–Crippen LogP) is 5.59. The zero-order valence-electron chi connectivity index (χ0n) is 13.9. The summed E-state index contributed by atoms with van der Waals surface area (Å²) in [6.45, 7) is 11.2. The van der Waals surface area contributed by atoms with Crippen LogP contribution in [0.2, 0.25) is 0 Å². The summed E-state index contributed by atoms with van der Waals surface area (Å²) in [5.74, 6) is 0.786. The molecule has 0 saturated heterocycles. The van der Waals surface area contributed by atoms with Gasteiger partial charge in [-0.25, -0.2) is 0 Å². The SMILES string of the molecule is Cc1c2c(cc3cc(C(C)C)c(O)cc13)C(C)(C)CCC2. The third-order valence-electron chi connectivity index (χ3n) is 5.26. The zero-order chi connectivity index (χ0) is 15.4. The number of phenols is 1. The second-order valence-electron chi connectivity index (χ2n) is 7.55. The van der Waals surface area contributed by atoms with Crippen LogP contribution in [0.5, 0.6) is 5.75 Å². The third kappa shape index (κ3) is 2.23. The van der Waals surface area contributed by atoms with Crippen LogP contribution < -0.4 is 0 Å². The minimum absolute atomic E-state index is 0.266. The molecule has 0 heterocycles. The van der Waals surface area contributed by atoms with E-state index in [1.165, 1.54) is 46.7 Å². The van der Waals surface area contributed by atoms with Crippen molar-refractivity contribution in [3.8, 4) is 5.75 Å². The van der Waals surface area contributed by atoms with Gasteiger partial charge in [0.1, 0.15) is 5.75 Å². The molecule has 112 valence electrons. The average Bonchev–Trinajstić information content (AvgIpc) is 2.40. The van der Waals surface area contributed by atoms with Crippen LogP contribution in [0.4, 0.5) is 0 Å². The highest BCUT2D eigenvalue weighted by molar-refractivity contribution is 5.90. The monoisotopic (exact) mass is 282 g/mol.